The van der Waals surface area contributed by atoms with Crippen molar-refractivity contribution >= 4 is 29.3 Å². The molecular formula is C19H17N3O4S. The molecule has 3 aromatic rings. The molecular weight excluding hydrogens is 366 g/mol. The highest BCUT2D eigenvalue weighted by atomic mass is 32.2. The molecule has 0 radical (unpaired) electrons. The number of amides is 1. The summed E-state index contributed by atoms with van der Waals surface area (Å²) in [5.41, 5.74) is 1.02. The Morgan fingerprint density at radius 1 is 1.11 bits per heavy atom. The van der Waals surface area contributed by atoms with Crippen molar-refractivity contribution in [3.8, 4) is 0 Å². The van der Waals surface area contributed by atoms with Gasteiger partial charge in [0.15, 0.2) is 12.4 Å². The summed E-state index contributed by atoms with van der Waals surface area (Å²) in [6.45, 7) is 1.37. The Bertz CT molecular complexity index is 927. The minimum Gasteiger partial charge on any atom is -0.452 e. The molecule has 0 aliphatic heterocycles. The molecule has 2 aromatic carbocycles. The number of carbonyl (C=O) groups excluding carboxylic acids is 2. The molecule has 0 aliphatic rings. The van der Waals surface area contributed by atoms with E-state index in [2.05, 4.69) is 15.5 Å². The van der Waals surface area contributed by atoms with Crippen LogP contribution >= 0.6 is 11.8 Å². The summed E-state index contributed by atoms with van der Waals surface area (Å²) in [5.74, 6) is 0.495. The number of thioether (sulfide) groups is 1. The van der Waals surface area contributed by atoms with Crippen LogP contribution in [0.4, 0.5) is 5.69 Å². The van der Waals surface area contributed by atoms with E-state index in [4.69, 9.17) is 9.26 Å². The number of aryl methyl sites for hydroxylation is 1. The number of aromatic nitrogens is 2. The molecule has 1 heterocycles. The molecule has 0 saturated heterocycles. The predicted octanol–water partition coefficient (Wildman–Crippen LogP) is 3.47. The second-order valence-electron chi connectivity index (χ2n) is 5.51. The first kappa shape index (κ1) is 18.7. The van der Waals surface area contributed by atoms with Crippen LogP contribution in [0, 0.1) is 6.92 Å². The normalized spacial score (nSPS) is 10.4. The predicted molar refractivity (Wildman–Crippen MR) is 100 cm³/mol. The van der Waals surface area contributed by atoms with Crippen molar-refractivity contribution in [2.45, 2.75) is 17.6 Å². The Hall–Kier alpha value is -3.13. The minimum absolute atomic E-state index is 0.365. The summed E-state index contributed by atoms with van der Waals surface area (Å²) in [5, 5.41) is 6.40. The van der Waals surface area contributed by atoms with Gasteiger partial charge < -0.3 is 14.6 Å². The average Bonchev–Trinajstić information content (AvgIpc) is 3.11. The Labute approximate surface area is 160 Å². The smallest absolute Gasteiger partial charge is 0.339 e. The highest BCUT2D eigenvalue weighted by molar-refractivity contribution is 7.98. The molecule has 7 nitrogen and oxygen atoms in total. The van der Waals surface area contributed by atoms with Gasteiger partial charge in [-0.1, -0.05) is 35.5 Å². The lowest BCUT2D eigenvalue weighted by Crippen LogP contribution is -2.21. The maximum atomic E-state index is 12.4. The third-order valence-electron chi connectivity index (χ3n) is 3.42. The number of hydrogen-bond donors (Lipinski definition) is 1. The third kappa shape index (κ3) is 5.42. The van der Waals surface area contributed by atoms with Gasteiger partial charge in [-0.25, -0.2) is 4.79 Å². The molecule has 27 heavy (non-hydrogen) atoms. The monoisotopic (exact) mass is 383 g/mol. The molecule has 138 valence electrons. The molecule has 0 unspecified atom stereocenters. The molecule has 0 bridgehead atoms. The lowest BCUT2D eigenvalue weighted by atomic mass is 10.2. The second kappa shape index (κ2) is 9.00. The fourth-order valence-electron chi connectivity index (χ4n) is 2.23. The summed E-state index contributed by atoms with van der Waals surface area (Å²) in [6, 6.07) is 16.0. The molecule has 0 atom stereocenters. The number of nitrogens with one attached hydrogen (secondary N) is 1. The van der Waals surface area contributed by atoms with Crippen LogP contribution in [0.25, 0.3) is 0 Å². The van der Waals surface area contributed by atoms with Crippen LogP contribution in [0.5, 0.6) is 0 Å². The summed E-state index contributed by atoms with van der Waals surface area (Å²) in [7, 11) is 0. The zero-order valence-corrected chi connectivity index (χ0v) is 15.4. The van der Waals surface area contributed by atoms with Crippen molar-refractivity contribution in [1.29, 1.82) is 0 Å². The van der Waals surface area contributed by atoms with Crippen molar-refractivity contribution in [2.75, 3.05) is 11.9 Å². The summed E-state index contributed by atoms with van der Waals surface area (Å²) < 4.78 is 10.2. The SMILES string of the molecule is Cc1noc(CSc2ccccc2C(=O)OCC(=O)Nc2ccccc2)n1. The fraction of sp³-hybridized carbons (Fsp3) is 0.158. The summed E-state index contributed by atoms with van der Waals surface area (Å²) in [4.78, 5) is 29.1. The number of carbonyl (C=O) groups is 2. The van der Waals surface area contributed by atoms with Crippen molar-refractivity contribution in [2.24, 2.45) is 0 Å². The minimum atomic E-state index is -0.567. The zero-order valence-electron chi connectivity index (χ0n) is 14.5. The average molecular weight is 383 g/mol. The van der Waals surface area contributed by atoms with Gasteiger partial charge in [-0.15, -0.1) is 11.8 Å². The first-order valence-corrected chi connectivity index (χ1v) is 9.13. The van der Waals surface area contributed by atoms with E-state index in [-0.39, 0.29) is 6.61 Å². The van der Waals surface area contributed by atoms with E-state index in [1.165, 1.54) is 11.8 Å². The van der Waals surface area contributed by atoms with Gasteiger partial charge in [-0.2, -0.15) is 4.98 Å². The first-order chi connectivity index (χ1) is 13.1. The van der Waals surface area contributed by atoms with Crippen LogP contribution < -0.4 is 5.32 Å². The lowest BCUT2D eigenvalue weighted by Gasteiger charge is -2.09. The number of hydrogen-bond acceptors (Lipinski definition) is 7. The highest BCUT2D eigenvalue weighted by Crippen LogP contribution is 2.26. The van der Waals surface area contributed by atoms with E-state index in [0.717, 1.165) is 0 Å². The standard InChI is InChI=1S/C19H17N3O4S/c1-13-20-18(26-22-13)12-27-16-10-6-5-9-15(16)19(24)25-11-17(23)21-14-7-3-2-4-8-14/h2-10H,11-12H2,1H3,(H,21,23). The van der Waals surface area contributed by atoms with Gasteiger partial charge in [-0.05, 0) is 31.2 Å². The first-order valence-electron chi connectivity index (χ1n) is 8.15. The molecule has 0 aliphatic carbocycles. The molecule has 1 N–H and O–H groups in total. The maximum absolute atomic E-state index is 12.4. The van der Waals surface area contributed by atoms with Gasteiger partial charge in [0.25, 0.3) is 5.91 Å². The van der Waals surface area contributed by atoms with Gasteiger partial charge in [0, 0.05) is 10.6 Å². The van der Waals surface area contributed by atoms with E-state index in [1.807, 2.05) is 12.1 Å². The molecule has 0 spiro atoms. The topological polar surface area (TPSA) is 94.3 Å². The van der Waals surface area contributed by atoms with Gasteiger partial charge >= 0.3 is 5.97 Å². The largest absolute Gasteiger partial charge is 0.452 e. The molecule has 0 fully saturated rings. The Kier molecular flexibility index (Phi) is 6.22. The number of ether oxygens (including phenoxy) is 1. The van der Waals surface area contributed by atoms with Crippen molar-refractivity contribution in [1.82, 2.24) is 10.1 Å². The van der Waals surface area contributed by atoms with Crippen LogP contribution in [-0.4, -0.2) is 28.6 Å². The Balaban J connectivity index is 1.57. The van der Waals surface area contributed by atoms with Crippen molar-refractivity contribution < 1.29 is 18.8 Å². The second-order valence-corrected chi connectivity index (χ2v) is 6.53. The number of esters is 1. The molecule has 8 heteroatoms. The maximum Gasteiger partial charge on any atom is 0.339 e. The van der Waals surface area contributed by atoms with Gasteiger partial charge in [0.05, 0.1) is 11.3 Å². The van der Waals surface area contributed by atoms with Crippen LogP contribution in [0.1, 0.15) is 22.1 Å². The van der Waals surface area contributed by atoms with E-state index in [0.29, 0.717) is 33.6 Å². The molecule has 3 rings (SSSR count). The zero-order chi connectivity index (χ0) is 19.1. The van der Waals surface area contributed by atoms with E-state index < -0.39 is 11.9 Å². The number of para-hydroxylation sites is 1. The Morgan fingerprint density at radius 3 is 2.59 bits per heavy atom. The van der Waals surface area contributed by atoms with Gasteiger partial charge in [-0.3, -0.25) is 4.79 Å². The van der Waals surface area contributed by atoms with Crippen molar-refractivity contribution in [3.05, 3.63) is 71.9 Å². The van der Waals surface area contributed by atoms with Gasteiger partial charge in [0.2, 0.25) is 5.89 Å². The van der Waals surface area contributed by atoms with Crippen molar-refractivity contribution in [3.63, 3.8) is 0 Å². The van der Waals surface area contributed by atoms with E-state index in [1.54, 1.807) is 49.4 Å². The molecule has 1 aromatic heterocycles. The number of anilines is 1. The number of nitrogens with zero attached hydrogens (tertiary/aromatic N) is 2. The van der Waals surface area contributed by atoms with Crippen LogP contribution in [0.3, 0.4) is 0 Å². The van der Waals surface area contributed by atoms with Crippen LogP contribution in [0.2, 0.25) is 0 Å². The van der Waals surface area contributed by atoms with Crippen LogP contribution in [-0.2, 0) is 15.3 Å². The number of benzene rings is 2. The van der Waals surface area contributed by atoms with E-state index >= 15 is 0 Å². The lowest BCUT2D eigenvalue weighted by molar-refractivity contribution is -0.119. The third-order valence-corrected chi connectivity index (χ3v) is 4.48. The Morgan fingerprint density at radius 2 is 1.85 bits per heavy atom. The molecule has 1 amide bonds. The number of rotatable bonds is 7. The highest BCUT2D eigenvalue weighted by Gasteiger charge is 2.15. The van der Waals surface area contributed by atoms with Gasteiger partial charge in [0.1, 0.15) is 0 Å². The molecule has 0 saturated carbocycles. The fourth-order valence-corrected chi connectivity index (χ4v) is 3.10. The quantitative estimate of drug-likeness (QED) is 0.493. The van der Waals surface area contributed by atoms with E-state index in [9.17, 15) is 9.59 Å². The summed E-state index contributed by atoms with van der Waals surface area (Å²) in [6.07, 6.45) is 0. The summed E-state index contributed by atoms with van der Waals surface area (Å²) >= 11 is 1.38. The van der Waals surface area contributed by atoms with Crippen LogP contribution in [0.15, 0.2) is 64.0 Å².